The number of carbonyl (C=O) groups excluding carboxylic acids is 2. The van der Waals surface area contributed by atoms with Crippen molar-refractivity contribution in [3.8, 4) is 0 Å². The average molecular weight is 398 g/mol. The van der Waals surface area contributed by atoms with Gasteiger partial charge in [0, 0.05) is 25.2 Å². The third kappa shape index (κ3) is 4.09. The van der Waals surface area contributed by atoms with E-state index < -0.39 is 0 Å². The highest BCUT2D eigenvalue weighted by Gasteiger charge is 2.11. The van der Waals surface area contributed by atoms with Crippen LogP contribution in [0.3, 0.4) is 0 Å². The fourth-order valence-corrected chi connectivity index (χ4v) is 2.91. The molecule has 3 rings (SSSR count). The molecule has 0 aliphatic heterocycles. The van der Waals surface area contributed by atoms with Crippen molar-refractivity contribution < 1.29 is 14.0 Å². The molecule has 0 aliphatic rings. The van der Waals surface area contributed by atoms with Gasteiger partial charge in [0.25, 0.3) is 17.4 Å². The zero-order valence-electron chi connectivity index (χ0n) is 14.9. The molecule has 0 atom stereocenters. The Bertz CT molecular complexity index is 1140. The van der Waals surface area contributed by atoms with Gasteiger partial charge < -0.3 is 20.0 Å². The number of carbonyl (C=O) groups is 2. The van der Waals surface area contributed by atoms with E-state index >= 15 is 0 Å². The van der Waals surface area contributed by atoms with Crippen molar-refractivity contribution in [3.05, 3.63) is 75.7 Å². The highest BCUT2D eigenvalue weighted by molar-refractivity contribution is 7.71. The maximum atomic E-state index is 12.5. The number of H-pyrrole nitrogens is 1. The molecule has 8 nitrogen and oxygen atoms in total. The molecule has 0 radical (unpaired) electrons. The number of fused-ring (bicyclic) bond motifs is 1. The van der Waals surface area contributed by atoms with Crippen molar-refractivity contribution in [1.82, 2.24) is 20.2 Å². The van der Waals surface area contributed by atoms with Crippen molar-refractivity contribution in [2.45, 2.75) is 6.54 Å². The van der Waals surface area contributed by atoms with E-state index in [1.54, 1.807) is 36.4 Å². The summed E-state index contributed by atoms with van der Waals surface area (Å²) in [4.78, 5) is 39.5. The van der Waals surface area contributed by atoms with Gasteiger partial charge in [-0.1, -0.05) is 6.08 Å². The zero-order chi connectivity index (χ0) is 20.1. The minimum Gasteiger partial charge on any atom is -0.459 e. The first kappa shape index (κ1) is 19.3. The number of allylic oxidation sites excluding steroid dienone is 1. The van der Waals surface area contributed by atoms with Crippen LogP contribution in [0.25, 0.3) is 10.9 Å². The molecule has 2 aromatic heterocycles. The summed E-state index contributed by atoms with van der Waals surface area (Å²) in [6, 6.07) is 7.89. The molecule has 0 spiro atoms. The number of nitrogens with zero attached hydrogens (tertiary/aromatic N) is 1. The number of aromatic nitrogens is 2. The van der Waals surface area contributed by atoms with Crippen LogP contribution in [0, 0.1) is 4.77 Å². The molecule has 0 saturated heterocycles. The van der Waals surface area contributed by atoms with Gasteiger partial charge in [0.2, 0.25) is 0 Å². The van der Waals surface area contributed by atoms with Gasteiger partial charge in [-0.05, 0) is 42.5 Å². The van der Waals surface area contributed by atoms with E-state index in [1.165, 1.54) is 10.8 Å². The lowest BCUT2D eigenvalue weighted by molar-refractivity contribution is 0.0910. The van der Waals surface area contributed by atoms with E-state index in [0.717, 1.165) is 0 Å². The van der Waals surface area contributed by atoms with Crippen molar-refractivity contribution in [2.24, 2.45) is 0 Å². The predicted octanol–water partition coefficient (Wildman–Crippen LogP) is 2.00. The molecule has 3 aromatic rings. The van der Waals surface area contributed by atoms with Crippen LogP contribution in [0.4, 0.5) is 0 Å². The number of benzene rings is 1. The minimum absolute atomic E-state index is 0.207. The van der Waals surface area contributed by atoms with E-state index in [4.69, 9.17) is 16.6 Å². The zero-order valence-corrected chi connectivity index (χ0v) is 15.7. The highest BCUT2D eigenvalue weighted by atomic mass is 32.1. The number of aromatic amines is 1. The second-order valence-corrected chi connectivity index (χ2v) is 6.27. The van der Waals surface area contributed by atoms with Crippen LogP contribution in [0.1, 0.15) is 20.9 Å². The molecule has 3 N–H and O–H groups in total. The quantitative estimate of drug-likeness (QED) is 0.320. The number of hydrogen-bond donors (Lipinski definition) is 3. The number of furan rings is 1. The first-order valence-corrected chi connectivity index (χ1v) is 8.89. The topological polar surface area (TPSA) is 109 Å². The summed E-state index contributed by atoms with van der Waals surface area (Å²) < 4.78 is 6.64. The summed E-state index contributed by atoms with van der Waals surface area (Å²) >= 11 is 5.20. The Kier molecular flexibility index (Phi) is 5.85. The largest absolute Gasteiger partial charge is 0.459 e. The van der Waals surface area contributed by atoms with E-state index in [9.17, 15) is 14.4 Å². The lowest BCUT2D eigenvalue weighted by Crippen LogP contribution is -2.34. The first-order chi connectivity index (χ1) is 13.5. The maximum absolute atomic E-state index is 12.5. The maximum Gasteiger partial charge on any atom is 0.287 e. The molecule has 144 valence electrons. The molecular formula is C19H18N4O4S. The number of nitrogens with one attached hydrogen (secondary N) is 3. The van der Waals surface area contributed by atoms with Gasteiger partial charge in [-0.2, -0.15) is 0 Å². The number of rotatable bonds is 7. The monoisotopic (exact) mass is 398 g/mol. The molecule has 9 heteroatoms. The van der Waals surface area contributed by atoms with Crippen LogP contribution in [-0.4, -0.2) is 34.5 Å². The summed E-state index contributed by atoms with van der Waals surface area (Å²) in [5, 5.41) is 5.77. The van der Waals surface area contributed by atoms with E-state index in [-0.39, 0.29) is 41.0 Å². The molecule has 1 aromatic carbocycles. The fraction of sp³-hybridized carbons (Fsp3) is 0.158. The Balaban J connectivity index is 1.66. The van der Waals surface area contributed by atoms with Gasteiger partial charge in [-0.25, -0.2) is 0 Å². The number of hydrogen-bond acceptors (Lipinski definition) is 5. The van der Waals surface area contributed by atoms with Crippen molar-refractivity contribution in [1.29, 1.82) is 0 Å². The van der Waals surface area contributed by atoms with Crippen molar-refractivity contribution in [2.75, 3.05) is 13.1 Å². The van der Waals surface area contributed by atoms with Crippen LogP contribution in [0.2, 0.25) is 0 Å². The smallest absolute Gasteiger partial charge is 0.287 e. The third-order valence-electron chi connectivity index (χ3n) is 4.00. The lowest BCUT2D eigenvalue weighted by Gasteiger charge is -2.09. The van der Waals surface area contributed by atoms with Crippen LogP contribution < -0.4 is 16.2 Å². The van der Waals surface area contributed by atoms with Crippen LogP contribution in [0.15, 0.2) is 58.5 Å². The van der Waals surface area contributed by atoms with E-state index in [0.29, 0.717) is 23.0 Å². The summed E-state index contributed by atoms with van der Waals surface area (Å²) in [6.45, 7) is 4.39. The van der Waals surface area contributed by atoms with Crippen LogP contribution in [0.5, 0.6) is 0 Å². The summed E-state index contributed by atoms with van der Waals surface area (Å²) in [6.07, 6.45) is 3.00. The summed E-state index contributed by atoms with van der Waals surface area (Å²) in [5.74, 6) is -0.477. The molecule has 2 amide bonds. The van der Waals surface area contributed by atoms with Gasteiger partial charge in [-0.15, -0.1) is 6.58 Å². The Morgan fingerprint density at radius 1 is 1.21 bits per heavy atom. The standard InChI is InChI=1S/C19H18N4O4S/c1-2-9-23-18(26)13-6-5-12(11-14(13)22-19(23)28)16(24)20-7-8-21-17(25)15-4-3-10-27-15/h2-6,10-11H,1,7-9H2,(H,20,24)(H,21,25)(H,22,28). The molecule has 0 saturated carbocycles. The Morgan fingerprint density at radius 2 is 1.96 bits per heavy atom. The molecule has 2 heterocycles. The van der Waals surface area contributed by atoms with Crippen LogP contribution >= 0.6 is 12.2 Å². The van der Waals surface area contributed by atoms with E-state index in [2.05, 4.69) is 22.2 Å². The Hall–Kier alpha value is -3.46. The van der Waals surface area contributed by atoms with Gasteiger partial charge in [0.05, 0.1) is 17.2 Å². The van der Waals surface area contributed by atoms with Crippen molar-refractivity contribution >= 4 is 34.9 Å². The summed E-state index contributed by atoms with van der Waals surface area (Å²) in [5.41, 5.74) is 0.608. The summed E-state index contributed by atoms with van der Waals surface area (Å²) in [7, 11) is 0. The molecule has 0 bridgehead atoms. The molecule has 0 aliphatic carbocycles. The molecule has 0 unspecified atom stereocenters. The lowest BCUT2D eigenvalue weighted by atomic mass is 10.1. The minimum atomic E-state index is -0.353. The van der Waals surface area contributed by atoms with Gasteiger partial charge >= 0.3 is 0 Å². The van der Waals surface area contributed by atoms with Gasteiger partial charge in [-0.3, -0.25) is 19.0 Å². The normalized spacial score (nSPS) is 10.6. The Morgan fingerprint density at radius 3 is 2.64 bits per heavy atom. The second-order valence-electron chi connectivity index (χ2n) is 5.88. The third-order valence-corrected chi connectivity index (χ3v) is 4.32. The molecule has 28 heavy (non-hydrogen) atoms. The predicted molar refractivity (Wildman–Crippen MR) is 107 cm³/mol. The van der Waals surface area contributed by atoms with Crippen LogP contribution in [-0.2, 0) is 6.54 Å². The number of amides is 2. The fourth-order valence-electron chi connectivity index (χ4n) is 2.64. The van der Waals surface area contributed by atoms with E-state index in [1.807, 2.05) is 0 Å². The molecular weight excluding hydrogens is 380 g/mol. The second kappa shape index (κ2) is 8.49. The molecule has 0 fully saturated rings. The van der Waals surface area contributed by atoms with Gasteiger partial charge in [0.15, 0.2) is 10.5 Å². The average Bonchev–Trinajstić information content (AvgIpc) is 3.22. The highest BCUT2D eigenvalue weighted by Crippen LogP contribution is 2.11. The van der Waals surface area contributed by atoms with Gasteiger partial charge in [0.1, 0.15) is 0 Å². The van der Waals surface area contributed by atoms with Crippen molar-refractivity contribution in [3.63, 3.8) is 0 Å². The first-order valence-electron chi connectivity index (χ1n) is 8.49. The Labute approximate surface area is 164 Å². The SMILES string of the molecule is C=CCn1c(=S)[nH]c2cc(C(=O)NCCNC(=O)c3ccco3)ccc2c1=O.